The van der Waals surface area contributed by atoms with E-state index in [1.54, 1.807) is 0 Å². The molecule has 0 aromatic carbocycles. The summed E-state index contributed by atoms with van der Waals surface area (Å²) in [5, 5.41) is 3.26. The molecule has 12 heavy (non-hydrogen) atoms. The fourth-order valence-corrected chi connectivity index (χ4v) is 4.50. The van der Waals surface area contributed by atoms with Crippen molar-refractivity contribution >= 4 is 23.5 Å². The van der Waals surface area contributed by atoms with E-state index in [1.165, 1.54) is 37.2 Å². The van der Waals surface area contributed by atoms with Crippen LogP contribution in [0.5, 0.6) is 0 Å². The average molecular weight is 200 g/mol. The summed E-state index contributed by atoms with van der Waals surface area (Å²) in [6.07, 6.45) is 8.00. The highest BCUT2D eigenvalue weighted by Gasteiger charge is 2.24. The number of rotatable bonds is 1. The lowest BCUT2D eigenvalue weighted by Crippen LogP contribution is -2.23. The van der Waals surface area contributed by atoms with Crippen LogP contribution in [0, 0.1) is 5.92 Å². The first-order valence-corrected chi connectivity index (χ1v) is 6.95. The average Bonchev–Trinajstić information content (AvgIpc) is 2.21. The molecule has 0 saturated carbocycles. The summed E-state index contributed by atoms with van der Waals surface area (Å²) in [7, 11) is 0. The van der Waals surface area contributed by atoms with Crippen molar-refractivity contribution in [3.05, 3.63) is 11.5 Å². The topological polar surface area (TPSA) is 0 Å². The Morgan fingerprint density at radius 2 is 2.25 bits per heavy atom. The van der Waals surface area contributed by atoms with Crippen molar-refractivity contribution in [2.75, 3.05) is 11.5 Å². The van der Waals surface area contributed by atoms with Crippen LogP contribution in [0.3, 0.4) is 0 Å². The fourth-order valence-electron chi connectivity index (χ4n) is 1.96. The molecule has 0 N–H and O–H groups in total. The summed E-state index contributed by atoms with van der Waals surface area (Å²) in [6, 6.07) is 0. The zero-order valence-corrected chi connectivity index (χ0v) is 9.00. The second-order valence-electron chi connectivity index (χ2n) is 3.60. The zero-order valence-electron chi connectivity index (χ0n) is 7.37. The number of thioether (sulfide) groups is 2. The van der Waals surface area contributed by atoms with Gasteiger partial charge in [0.15, 0.2) is 0 Å². The smallest absolute Gasteiger partial charge is 0.0127 e. The van der Waals surface area contributed by atoms with Gasteiger partial charge >= 0.3 is 0 Å². The van der Waals surface area contributed by atoms with E-state index in [-0.39, 0.29) is 0 Å². The van der Waals surface area contributed by atoms with Crippen LogP contribution < -0.4 is 0 Å². The van der Waals surface area contributed by atoms with E-state index in [9.17, 15) is 0 Å². The summed E-state index contributed by atoms with van der Waals surface area (Å²) < 4.78 is 0. The zero-order chi connectivity index (χ0) is 8.23. The molecule has 1 saturated heterocycles. The third-order valence-electron chi connectivity index (χ3n) is 2.69. The van der Waals surface area contributed by atoms with Gasteiger partial charge in [-0.2, -0.15) is 11.8 Å². The Kier molecular flexibility index (Phi) is 3.47. The molecule has 2 heteroatoms. The second-order valence-corrected chi connectivity index (χ2v) is 5.90. The molecule has 2 unspecified atom stereocenters. The number of allylic oxidation sites excluding steroid dienone is 1. The molecule has 0 aromatic heterocycles. The first kappa shape index (κ1) is 9.01. The van der Waals surface area contributed by atoms with Gasteiger partial charge in [-0.1, -0.05) is 6.08 Å². The van der Waals surface area contributed by atoms with E-state index in [1.807, 2.05) is 0 Å². The summed E-state index contributed by atoms with van der Waals surface area (Å²) in [6.45, 7) is 0. The molecule has 2 atom stereocenters. The molecular weight excluding hydrogens is 184 g/mol. The maximum absolute atomic E-state index is 2.32. The Morgan fingerprint density at radius 1 is 1.25 bits per heavy atom. The van der Waals surface area contributed by atoms with Crippen molar-refractivity contribution < 1.29 is 0 Å². The normalized spacial score (nSPS) is 36.7. The van der Waals surface area contributed by atoms with Crippen molar-refractivity contribution in [1.82, 2.24) is 0 Å². The molecule has 0 spiro atoms. The van der Waals surface area contributed by atoms with E-state index in [2.05, 4.69) is 35.0 Å². The van der Waals surface area contributed by atoms with Gasteiger partial charge in [-0.15, -0.1) is 11.8 Å². The minimum Gasteiger partial charge on any atom is -0.162 e. The molecule has 0 amide bonds. The first-order chi connectivity index (χ1) is 5.97. The molecule has 1 fully saturated rings. The van der Waals surface area contributed by atoms with Crippen molar-refractivity contribution in [3.63, 3.8) is 0 Å². The van der Waals surface area contributed by atoms with Crippen LogP contribution in [0.1, 0.15) is 25.7 Å². The molecule has 68 valence electrons. The van der Waals surface area contributed by atoms with Crippen molar-refractivity contribution in [2.45, 2.75) is 30.9 Å². The second kappa shape index (κ2) is 4.61. The Bertz CT molecular complexity index is 159. The van der Waals surface area contributed by atoms with E-state index in [0.717, 1.165) is 11.2 Å². The Morgan fingerprint density at radius 3 is 2.92 bits per heavy atom. The van der Waals surface area contributed by atoms with Crippen LogP contribution in [-0.4, -0.2) is 16.8 Å². The first-order valence-electron chi connectivity index (χ1n) is 4.85. The van der Waals surface area contributed by atoms with E-state index in [0.29, 0.717) is 0 Å². The lowest BCUT2D eigenvalue weighted by molar-refractivity contribution is 0.484. The van der Waals surface area contributed by atoms with Crippen LogP contribution in [-0.2, 0) is 0 Å². The molecule has 2 aliphatic heterocycles. The predicted octanol–water partition coefficient (Wildman–Crippen LogP) is 3.54. The fraction of sp³-hybridized carbons (Fsp3) is 0.800. The van der Waals surface area contributed by atoms with E-state index in [4.69, 9.17) is 0 Å². The lowest BCUT2D eigenvalue weighted by Gasteiger charge is -2.29. The van der Waals surface area contributed by atoms with Crippen molar-refractivity contribution in [3.8, 4) is 0 Å². The minimum absolute atomic E-state index is 0.947. The molecule has 0 bridgehead atoms. The Labute approximate surface area is 83.6 Å². The van der Waals surface area contributed by atoms with Gasteiger partial charge in [-0.25, -0.2) is 0 Å². The van der Waals surface area contributed by atoms with Gasteiger partial charge in [0.05, 0.1) is 0 Å². The number of hydrogen-bond acceptors (Lipinski definition) is 2. The van der Waals surface area contributed by atoms with Gasteiger partial charge < -0.3 is 0 Å². The summed E-state index contributed by atoms with van der Waals surface area (Å²) in [4.78, 5) is 0. The number of hydrogen-bond donors (Lipinski definition) is 0. The molecular formula is C10H16S2. The van der Waals surface area contributed by atoms with Crippen LogP contribution in [0.15, 0.2) is 11.5 Å². The highest BCUT2D eigenvalue weighted by atomic mass is 32.2. The molecule has 2 aliphatic rings. The molecule has 2 heterocycles. The maximum atomic E-state index is 2.32. The summed E-state index contributed by atoms with van der Waals surface area (Å²) in [5.74, 6) is 3.84. The monoisotopic (exact) mass is 200 g/mol. The highest BCUT2D eigenvalue weighted by Crippen LogP contribution is 2.36. The van der Waals surface area contributed by atoms with Gasteiger partial charge in [-0.05, 0) is 48.5 Å². The molecule has 0 aromatic rings. The minimum atomic E-state index is 0.947. The SMILES string of the molecule is C1=CSC(C2CCCSC2)CC1. The van der Waals surface area contributed by atoms with Crippen LogP contribution in [0.2, 0.25) is 0 Å². The van der Waals surface area contributed by atoms with Crippen LogP contribution in [0.25, 0.3) is 0 Å². The third kappa shape index (κ3) is 2.23. The highest BCUT2D eigenvalue weighted by molar-refractivity contribution is 8.03. The van der Waals surface area contributed by atoms with Crippen molar-refractivity contribution in [1.29, 1.82) is 0 Å². The standard InChI is InChI=1S/C10H16S2/c1-2-7-12-10(5-1)9-4-3-6-11-8-9/h2,7,9-10H,1,3-6,8H2. The van der Waals surface area contributed by atoms with E-state index < -0.39 is 0 Å². The van der Waals surface area contributed by atoms with Gasteiger partial charge in [0, 0.05) is 5.25 Å². The molecule has 2 rings (SSSR count). The quantitative estimate of drug-likeness (QED) is 0.635. The van der Waals surface area contributed by atoms with E-state index >= 15 is 0 Å². The lowest BCUT2D eigenvalue weighted by atomic mass is 9.97. The van der Waals surface area contributed by atoms with Crippen LogP contribution >= 0.6 is 23.5 Å². The van der Waals surface area contributed by atoms with Gasteiger partial charge in [0.1, 0.15) is 0 Å². The molecule has 0 aliphatic carbocycles. The van der Waals surface area contributed by atoms with Gasteiger partial charge in [-0.3, -0.25) is 0 Å². The third-order valence-corrected chi connectivity index (χ3v) is 5.25. The van der Waals surface area contributed by atoms with Gasteiger partial charge in [0.25, 0.3) is 0 Å². The largest absolute Gasteiger partial charge is 0.162 e. The Hall–Kier alpha value is 0.440. The molecule has 0 radical (unpaired) electrons. The van der Waals surface area contributed by atoms with Crippen LogP contribution in [0.4, 0.5) is 0 Å². The summed E-state index contributed by atoms with van der Waals surface area (Å²) in [5.41, 5.74) is 0. The van der Waals surface area contributed by atoms with Gasteiger partial charge in [0.2, 0.25) is 0 Å². The maximum Gasteiger partial charge on any atom is 0.0127 e. The summed E-state index contributed by atoms with van der Waals surface area (Å²) >= 11 is 4.24. The van der Waals surface area contributed by atoms with Crippen molar-refractivity contribution in [2.24, 2.45) is 5.92 Å². The molecule has 0 nitrogen and oxygen atoms in total. The Balaban J connectivity index is 1.85. The predicted molar refractivity (Wildman–Crippen MR) is 59.8 cm³/mol.